The molecular weight excluding hydrogens is 313 g/mol. The highest BCUT2D eigenvalue weighted by Crippen LogP contribution is 2.28. The first kappa shape index (κ1) is 13.7. The Bertz CT molecular complexity index is 538. The molecule has 1 nitrogen and oxygen atoms in total. The van der Waals surface area contributed by atoms with Crippen LogP contribution in [0.15, 0.2) is 34.1 Å². The first-order valence-corrected chi connectivity index (χ1v) is 7.38. The van der Waals surface area contributed by atoms with Crippen molar-refractivity contribution in [1.29, 1.82) is 0 Å². The van der Waals surface area contributed by atoms with Crippen LogP contribution < -0.4 is 5.32 Å². The predicted molar refractivity (Wildman–Crippen MR) is 78.7 cm³/mol. The van der Waals surface area contributed by atoms with Gasteiger partial charge < -0.3 is 5.32 Å². The number of hydrogen-bond acceptors (Lipinski definition) is 2. The van der Waals surface area contributed by atoms with Crippen molar-refractivity contribution in [3.8, 4) is 0 Å². The van der Waals surface area contributed by atoms with Gasteiger partial charge in [0.25, 0.3) is 0 Å². The molecule has 18 heavy (non-hydrogen) atoms. The summed E-state index contributed by atoms with van der Waals surface area (Å²) in [5.74, 6) is -0.143. The van der Waals surface area contributed by atoms with E-state index in [2.05, 4.69) is 27.3 Å². The summed E-state index contributed by atoms with van der Waals surface area (Å²) in [6.07, 6.45) is 0.799. The van der Waals surface area contributed by atoms with E-state index in [0.717, 1.165) is 21.3 Å². The smallest absolute Gasteiger partial charge is 0.128 e. The standard InChI is InChI=1S/C14H15BrFNS/c1-9-3-5-12(16)11(7-9)13(17-2)8-10-4-6-14(15)18-10/h3-7,13,17H,8H2,1-2H3. The Balaban J connectivity index is 2.25. The van der Waals surface area contributed by atoms with Crippen molar-refractivity contribution in [2.24, 2.45) is 0 Å². The van der Waals surface area contributed by atoms with Gasteiger partial charge in [0.15, 0.2) is 0 Å². The van der Waals surface area contributed by atoms with Crippen LogP contribution in [-0.2, 0) is 6.42 Å². The molecule has 1 aromatic heterocycles. The molecule has 0 aliphatic carbocycles. The maximum absolute atomic E-state index is 13.9. The normalized spacial score (nSPS) is 12.7. The van der Waals surface area contributed by atoms with E-state index >= 15 is 0 Å². The van der Waals surface area contributed by atoms with Crippen molar-refractivity contribution in [3.63, 3.8) is 0 Å². The number of benzene rings is 1. The molecule has 0 bridgehead atoms. The molecule has 0 saturated heterocycles. The molecule has 2 aromatic rings. The molecule has 0 aliphatic rings. The molecule has 0 amide bonds. The van der Waals surface area contributed by atoms with Gasteiger partial charge in [-0.05, 0) is 48.1 Å². The number of likely N-dealkylation sites (N-methyl/N-ethyl adjacent to an activating group) is 1. The van der Waals surface area contributed by atoms with E-state index in [9.17, 15) is 4.39 Å². The number of rotatable bonds is 4. The van der Waals surface area contributed by atoms with Crippen molar-refractivity contribution in [2.45, 2.75) is 19.4 Å². The zero-order valence-electron chi connectivity index (χ0n) is 10.3. The summed E-state index contributed by atoms with van der Waals surface area (Å²) in [6, 6.07) is 9.37. The molecule has 1 aromatic carbocycles. The van der Waals surface area contributed by atoms with Crippen LogP contribution in [0.25, 0.3) is 0 Å². The monoisotopic (exact) mass is 327 g/mol. The topological polar surface area (TPSA) is 12.0 Å². The number of aryl methyl sites for hydroxylation is 1. The molecule has 0 radical (unpaired) electrons. The molecule has 1 N–H and O–H groups in total. The number of hydrogen-bond donors (Lipinski definition) is 1. The molecule has 1 unspecified atom stereocenters. The maximum Gasteiger partial charge on any atom is 0.128 e. The molecule has 1 atom stereocenters. The van der Waals surface area contributed by atoms with E-state index < -0.39 is 0 Å². The van der Waals surface area contributed by atoms with Crippen molar-refractivity contribution in [3.05, 3.63) is 55.9 Å². The van der Waals surface area contributed by atoms with Crippen molar-refractivity contribution < 1.29 is 4.39 Å². The second-order valence-corrected chi connectivity index (χ2v) is 6.82. The Kier molecular flexibility index (Phi) is 4.54. The fourth-order valence-electron chi connectivity index (χ4n) is 1.96. The summed E-state index contributed by atoms with van der Waals surface area (Å²) in [5.41, 5.74) is 1.82. The minimum atomic E-state index is -0.143. The van der Waals surface area contributed by atoms with E-state index in [1.807, 2.05) is 26.1 Å². The minimum Gasteiger partial charge on any atom is -0.313 e. The van der Waals surface area contributed by atoms with E-state index in [1.165, 1.54) is 4.88 Å². The Morgan fingerprint density at radius 2 is 2.11 bits per heavy atom. The van der Waals surface area contributed by atoms with Gasteiger partial charge in [0.1, 0.15) is 5.82 Å². The van der Waals surface area contributed by atoms with Crippen LogP contribution in [0.2, 0.25) is 0 Å². The summed E-state index contributed by atoms with van der Waals surface area (Å²) in [6.45, 7) is 1.98. The Labute approximate surface area is 119 Å². The van der Waals surface area contributed by atoms with Crippen molar-refractivity contribution >= 4 is 27.3 Å². The van der Waals surface area contributed by atoms with Gasteiger partial charge in [0, 0.05) is 22.9 Å². The molecule has 4 heteroatoms. The highest BCUT2D eigenvalue weighted by molar-refractivity contribution is 9.11. The van der Waals surface area contributed by atoms with Crippen molar-refractivity contribution in [2.75, 3.05) is 7.05 Å². The lowest BCUT2D eigenvalue weighted by atomic mass is 10.0. The van der Waals surface area contributed by atoms with E-state index in [4.69, 9.17) is 0 Å². The average Bonchev–Trinajstić information content (AvgIpc) is 2.75. The van der Waals surface area contributed by atoms with Gasteiger partial charge in [-0.1, -0.05) is 17.7 Å². The lowest BCUT2D eigenvalue weighted by molar-refractivity contribution is 0.536. The Hall–Kier alpha value is -0.710. The van der Waals surface area contributed by atoms with Crippen LogP contribution in [0.3, 0.4) is 0 Å². The number of halogens is 2. The lowest BCUT2D eigenvalue weighted by Gasteiger charge is -2.17. The van der Waals surface area contributed by atoms with Crippen LogP contribution in [0.4, 0.5) is 4.39 Å². The number of nitrogens with one attached hydrogen (secondary N) is 1. The largest absolute Gasteiger partial charge is 0.313 e. The van der Waals surface area contributed by atoms with Gasteiger partial charge in [0.05, 0.1) is 3.79 Å². The lowest BCUT2D eigenvalue weighted by Crippen LogP contribution is -2.19. The molecule has 0 saturated carbocycles. The highest BCUT2D eigenvalue weighted by atomic mass is 79.9. The zero-order chi connectivity index (χ0) is 13.1. The number of thiophene rings is 1. The SMILES string of the molecule is CNC(Cc1ccc(Br)s1)c1cc(C)ccc1F. The van der Waals surface area contributed by atoms with Gasteiger partial charge >= 0.3 is 0 Å². The molecule has 2 rings (SSSR count). The van der Waals surface area contributed by atoms with E-state index in [1.54, 1.807) is 23.5 Å². The summed E-state index contributed by atoms with van der Waals surface area (Å²) in [4.78, 5) is 1.24. The summed E-state index contributed by atoms with van der Waals surface area (Å²) >= 11 is 5.14. The summed E-state index contributed by atoms with van der Waals surface area (Å²) < 4.78 is 15.0. The zero-order valence-corrected chi connectivity index (χ0v) is 12.7. The molecule has 0 fully saturated rings. The third kappa shape index (κ3) is 3.19. The third-order valence-corrected chi connectivity index (χ3v) is 4.56. The van der Waals surface area contributed by atoms with E-state index in [0.29, 0.717) is 0 Å². The molecule has 1 heterocycles. The van der Waals surface area contributed by atoms with Crippen LogP contribution in [0, 0.1) is 12.7 Å². The molecule has 0 spiro atoms. The van der Waals surface area contributed by atoms with Gasteiger partial charge in [-0.25, -0.2) is 4.39 Å². The van der Waals surface area contributed by atoms with Crippen LogP contribution in [0.1, 0.15) is 22.0 Å². The second-order valence-electron chi connectivity index (χ2n) is 4.28. The second kappa shape index (κ2) is 5.95. The van der Waals surface area contributed by atoms with Gasteiger partial charge in [-0.2, -0.15) is 0 Å². The van der Waals surface area contributed by atoms with Crippen LogP contribution >= 0.6 is 27.3 Å². The first-order chi connectivity index (χ1) is 8.60. The summed E-state index contributed by atoms with van der Waals surface area (Å²) in [7, 11) is 1.87. The summed E-state index contributed by atoms with van der Waals surface area (Å²) in [5, 5.41) is 3.20. The fraction of sp³-hybridized carbons (Fsp3) is 0.286. The molecule has 0 aliphatic heterocycles. The van der Waals surface area contributed by atoms with E-state index in [-0.39, 0.29) is 11.9 Å². The highest BCUT2D eigenvalue weighted by Gasteiger charge is 2.15. The fourth-order valence-corrected chi connectivity index (χ4v) is 3.49. The van der Waals surface area contributed by atoms with Gasteiger partial charge in [-0.15, -0.1) is 11.3 Å². The van der Waals surface area contributed by atoms with Crippen LogP contribution in [0.5, 0.6) is 0 Å². The maximum atomic E-state index is 13.9. The first-order valence-electron chi connectivity index (χ1n) is 5.77. The minimum absolute atomic E-state index is 0.00968. The molecule has 96 valence electrons. The molecular formula is C14H15BrFNS. The average molecular weight is 328 g/mol. The third-order valence-electron chi connectivity index (χ3n) is 2.91. The quantitative estimate of drug-likeness (QED) is 0.874. The Morgan fingerprint density at radius 3 is 2.72 bits per heavy atom. The van der Waals surface area contributed by atoms with Crippen molar-refractivity contribution in [1.82, 2.24) is 5.32 Å². The van der Waals surface area contributed by atoms with Gasteiger partial charge in [0.2, 0.25) is 0 Å². The van der Waals surface area contributed by atoms with Crippen LogP contribution in [-0.4, -0.2) is 7.05 Å². The van der Waals surface area contributed by atoms with Gasteiger partial charge in [-0.3, -0.25) is 0 Å². The Morgan fingerprint density at radius 1 is 1.33 bits per heavy atom. The predicted octanol–water partition coefficient (Wildman–Crippen LogP) is 4.46.